The second kappa shape index (κ2) is 15.7. The van der Waals surface area contributed by atoms with Crippen LogP contribution in [0.1, 0.15) is 76.7 Å². The van der Waals surface area contributed by atoms with Crippen molar-refractivity contribution in [3.8, 4) is 23.3 Å². The number of fused-ring (bicyclic) bond motifs is 9. The lowest BCUT2D eigenvalue weighted by atomic mass is 9.73. The summed E-state index contributed by atoms with van der Waals surface area (Å²) in [7, 11) is 0. The van der Waals surface area contributed by atoms with E-state index in [1.807, 2.05) is 12.1 Å². The third-order valence-corrected chi connectivity index (χ3v) is 12.3. The van der Waals surface area contributed by atoms with E-state index in [1.165, 1.54) is 13.3 Å². The van der Waals surface area contributed by atoms with E-state index in [4.69, 9.17) is 20.2 Å². The number of aliphatic hydroxyl groups is 1. The fraction of sp³-hybridized carbons (Fsp3) is 0.744. The molecule has 8 rings (SSSR count). The minimum atomic E-state index is -0.654. The molecule has 11 atom stereocenters. The molecular weight excluding hydrogens is 632 g/mol. The van der Waals surface area contributed by atoms with Crippen LogP contribution in [0.5, 0.6) is 11.5 Å². The van der Waals surface area contributed by atoms with Gasteiger partial charge in [-0.3, -0.25) is 9.69 Å². The standard InChI is InChI=1S/C39H58N6O5/c1-26(46)49-36-19-32(47)8-11-39(12-14-44-20-28-15-29(21-44)23-45(22-28)25-43-38(40)42-24-39)10-7-30-3-2-4-31-18-33(9-13-41-31)50-37-17-27(16-34(30)36)5-6-35(37)48/h5-6,17,28-34,36,41,47-48H,2-4,8-9,11-16,18-25H2,1H3,(H3,40,42,43)/t28-,29+,30-,31-,32-,33+,34+,36-,39+/m0/s1. The molecule has 6 aliphatic heterocycles. The number of esters is 1. The smallest absolute Gasteiger partial charge is 0.302 e. The average molecular weight is 691 g/mol. The molecule has 1 aromatic carbocycles. The lowest BCUT2D eigenvalue weighted by Crippen LogP contribution is -2.53. The van der Waals surface area contributed by atoms with Crippen molar-refractivity contribution in [3.63, 3.8) is 0 Å². The van der Waals surface area contributed by atoms with E-state index in [0.717, 1.165) is 83.4 Å². The van der Waals surface area contributed by atoms with Crippen molar-refractivity contribution in [2.75, 3.05) is 52.5 Å². The molecule has 3 saturated heterocycles. The number of nitrogens with zero attached hydrogens (tertiary/aromatic N) is 3. The van der Waals surface area contributed by atoms with E-state index in [-0.39, 0.29) is 29.7 Å². The summed E-state index contributed by atoms with van der Waals surface area (Å²) < 4.78 is 12.5. The lowest BCUT2D eigenvalue weighted by Gasteiger charge is -2.46. The summed E-state index contributed by atoms with van der Waals surface area (Å²) in [5.74, 6) is 9.55. The molecule has 11 nitrogen and oxygen atoms in total. The number of piperidine rings is 3. The van der Waals surface area contributed by atoms with Crippen LogP contribution in [0, 0.1) is 40.9 Å². The summed E-state index contributed by atoms with van der Waals surface area (Å²) in [6.45, 7) is 8.83. The highest BCUT2D eigenvalue weighted by atomic mass is 16.5. The Morgan fingerprint density at radius 1 is 1.08 bits per heavy atom. The Balaban J connectivity index is 1.25. The van der Waals surface area contributed by atoms with Crippen molar-refractivity contribution in [2.24, 2.45) is 39.8 Å². The van der Waals surface area contributed by atoms with E-state index in [9.17, 15) is 15.0 Å². The minimum Gasteiger partial charge on any atom is -0.504 e. The lowest BCUT2D eigenvalue weighted by molar-refractivity contribution is -0.152. The SMILES string of the molecule is CC(=O)O[C@H]1C[C@@H](O)CC[C@]2(C#C[C@@H]3CCC[C@H]4C[C@@H](CCN4)Oc4cc(ccc4O)C[C@H]31)CCN1C[C@H]3C[C@@H](C1)CN(CN=C(N)NC2)C3. The van der Waals surface area contributed by atoms with Crippen molar-refractivity contribution < 1.29 is 24.5 Å². The van der Waals surface area contributed by atoms with E-state index in [0.29, 0.717) is 68.5 Å². The first-order chi connectivity index (χ1) is 24.2. The Kier molecular flexibility index (Phi) is 11.1. The topological polar surface area (TPSA) is 145 Å². The van der Waals surface area contributed by atoms with Crippen LogP contribution in [0.25, 0.3) is 0 Å². The molecule has 0 radical (unpaired) electrons. The summed E-state index contributed by atoms with van der Waals surface area (Å²) in [5, 5.41) is 29.6. The highest BCUT2D eigenvalue weighted by Crippen LogP contribution is 2.39. The summed E-state index contributed by atoms with van der Waals surface area (Å²) in [4.78, 5) is 22.4. The van der Waals surface area contributed by atoms with Gasteiger partial charge in [-0.2, -0.15) is 0 Å². The molecule has 7 aliphatic rings. The molecule has 50 heavy (non-hydrogen) atoms. The summed E-state index contributed by atoms with van der Waals surface area (Å²) >= 11 is 0. The number of rotatable bonds is 1. The number of benzene rings is 1. The molecule has 0 amide bonds. The molecule has 6 N–H and O–H groups in total. The van der Waals surface area contributed by atoms with Gasteiger partial charge in [0.1, 0.15) is 12.2 Å². The van der Waals surface area contributed by atoms with Gasteiger partial charge in [0.05, 0.1) is 18.2 Å². The largest absolute Gasteiger partial charge is 0.504 e. The number of hydrogen-bond acceptors (Lipinski definition) is 11. The number of carbonyl (C=O) groups excluding carboxylic acids is 1. The van der Waals surface area contributed by atoms with Gasteiger partial charge in [-0.25, -0.2) is 4.99 Å². The van der Waals surface area contributed by atoms with Crippen LogP contribution in [0.4, 0.5) is 0 Å². The average Bonchev–Trinajstić information content (AvgIpc) is 3.09. The number of nitrogens with one attached hydrogen (secondary N) is 2. The molecular formula is C39H58N6O5. The first-order valence-corrected chi connectivity index (χ1v) is 19.3. The molecule has 8 bridgehead atoms. The van der Waals surface area contributed by atoms with Crippen molar-refractivity contribution in [2.45, 2.75) is 102 Å². The Morgan fingerprint density at radius 3 is 2.72 bits per heavy atom. The van der Waals surface area contributed by atoms with Crippen LogP contribution < -0.4 is 21.1 Å². The summed E-state index contributed by atoms with van der Waals surface area (Å²) in [5.41, 5.74) is 7.08. The number of phenols is 1. The molecule has 6 heterocycles. The van der Waals surface area contributed by atoms with Crippen molar-refractivity contribution in [1.82, 2.24) is 20.4 Å². The second-order valence-electron chi connectivity index (χ2n) is 16.3. The van der Waals surface area contributed by atoms with Gasteiger partial charge in [0.15, 0.2) is 17.5 Å². The number of aromatic hydroxyl groups is 1. The van der Waals surface area contributed by atoms with Gasteiger partial charge in [0, 0.05) is 63.9 Å². The number of aliphatic imine (C=N–C) groups is 1. The third-order valence-electron chi connectivity index (χ3n) is 12.3. The molecule has 1 aromatic rings. The zero-order valence-corrected chi connectivity index (χ0v) is 29.8. The molecule has 1 aliphatic carbocycles. The number of hydrogen-bond donors (Lipinski definition) is 5. The summed E-state index contributed by atoms with van der Waals surface area (Å²) in [6, 6.07) is 5.92. The fourth-order valence-electron chi connectivity index (χ4n) is 9.76. The fourth-order valence-corrected chi connectivity index (χ4v) is 9.76. The predicted octanol–water partition coefficient (Wildman–Crippen LogP) is 2.84. The second-order valence-corrected chi connectivity index (χ2v) is 16.3. The molecule has 2 unspecified atom stereocenters. The minimum absolute atomic E-state index is 0.0412. The molecule has 3 fully saturated rings. The van der Waals surface area contributed by atoms with Crippen LogP contribution in [0.2, 0.25) is 0 Å². The third kappa shape index (κ3) is 8.87. The maximum Gasteiger partial charge on any atom is 0.302 e. The van der Waals surface area contributed by atoms with Crippen molar-refractivity contribution in [3.05, 3.63) is 23.8 Å². The Morgan fingerprint density at radius 2 is 1.90 bits per heavy atom. The van der Waals surface area contributed by atoms with Crippen LogP contribution >= 0.6 is 0 Å². The van der Waals surface area contributed by atoms with Gasteiger partial charge in [-0.15, -0.1) is 0 Å². The van der Waals surface area contributed by atoms with Gasteiger partial charge in [0.2, 0.25) is 0 Å². The van der Waals surface area contributed by atoms with Crippen molar-refractivity contribution >= 4 is 11.9 Å². The zero-order valence-electron chi connectivity index (χ0n) is 29.8. The van der Waals surface area contributed by atoms with E-state index in [1.54, 1.807) is 6.07 Å². The number of carbonyl (C=O) groups is 1. The van der Waals surface area contributed by atoms with Gasteiger partial charge < -0.3 is 41.0 Å². The quantitative estimate of drug-likeness (QED) is 0.221. The van der Waals surface area contributed by atoms with Crippen molar-refractivity contribution in [1.29, 1.82) is 0 Å². The summed E-state index contributed by atoms with van der Waals surface area (Å²) in [6.07, 6.45) is 7.87. The Bertz CT molecular complexity index is 1430. The maximum atomic E-state index is 12.6. The predicted molar refractivity (Wildman–Crippen MR) is 192 cm³/mol. The maximum absolute atomic E-state index is 12.6. The molecule has 11 heteroatoms. The van der Waals surface area contributed by atoms with Crippen LogP contribution in [0.15, 0.2) is 23.2 Å². The van der Waals surface area contributed by atoms with Gasteiger partial charge in [0.25, 0.3) is 0 Å². The molecule has 0 aromatic heterocycles. The van der Waals surface area contributed by atoms with Gasteiger partial charge in [-0.1, -0.05) is 24.3 Å². The normalized spacial score (nSPS) is 39.4. The zero-order chi connectivity index (χ0) is 34.7. The van der Waals surface area contributed by atoms with Gasteiger partial charge in [-0.05, 0) is 100 Å². The Labute approximate surface area is 297 Å². The van der Waals surface area contributed by atoms with Crippen LogP contribution in [-0.2, 0) is 16.0 Å². The number of aliphatic hydroxyl groups excluding tert-OH is 1. The Hall–Kier alpha value is -3.04. The number of guanidine groups is 1. The first-order valence-electron chi connectivity index (χ1n) is 19.3. The first kappa shape index (κ1) is 35.4. The molecule has 1 spiro atoms. The number of phenolic OH excluding ortho intramolecular Hbond substituents is 1. The number of nitrogens with two attached hydrogens (primary N) is 1. The molecule has 274 valence electrons. The monoisotopic (exact) mass is 690 g/mol. The van der Waals surface area contributed by atoms with E-state index < -0.39 is 17.6 Å². The van der Waals surface area contributed by atoms with Crippen LogP contribution in [-0.4, -0.2) is 109 Å². The van der Waals surface area contributed by atoms with Gasteiger partial charge >= 0.3 is 5.97 Å². The van der Waals surface area contributed by atoms with E-state index in [2.05, 4.69) is 32.3 Å². The number of ether oxygens (including phenoxy) is 2. The van der Waals surface area contributed by atoms with Crippen LogP contribution in [0.3, 0.4) is 0 Å². The highest BCUT2D eigenvalue weighted by Gasteiger charge is 2.39. The highest BCUT2D eigenvalue weighted by molar-refractivity contribution is 5.77. The van der Waals surface area contributed by atoms with E-state index >= 15 is 0 Å². The molecule has 0 saturated carbocycles.